The molecule has 30 heavy (non-hydrogen) atoms. The highest BCUT2D eigenvalue weighted by Gasteiger charge is 2.23. The molecule has 1 aliphatic heterocycles. The molecule has 0 spiro atoms. The van der Waals surface area contributed by atoms with Crippen LogP contribution in [-0.4, -0.2) is 68.3 Å². The molecule has 2 N–H and O–H groups in total. The summed E-state index contributed by atoms with van der Waals surface area (Å²) in [5.74, 6) is 1.39. The molecule has 2 rings (SSSR count). The van der Waals surface area contributed by atoms with Gasteiger partial charge in [-0.1, -0.05) is 26.0 Å². The molecule has 1 heterocycles. The quantitative estimate of drug-likeness (QED) is 0.120. The van der Waals surface area contributed by atoms with Crippen molar-refractivity contribution in [1.29, 1.82) is 0 Å². The summed E-state index contributed by atoms with van der Waals surface area (Å²) in [5, 5.41) is 17.5. The van der Waals surface area contributed by atoms with Crippen LogP contribution >= 0.6 is 24.0 Å². The minimum Gasteiger partial charge on any atom is -0.379 e. The van der Waals surface area contributed by atoms with Gasteiger partial charge in [0.25, 0.3) is 5.69 Å². The van der Waals surface area contributed by atoms with Crippen LogP contribution in [0.4, 0.5) is 5.69 Å². The van der Waals surface area contributed by atoms with Crippen LogP contribution in [0.2, 0.25) is 0 Å². The standard InChI is InChI=1S/C21H35N5O3.HI/c1-17(2)20(25-12-14-29-15-13-25)16-24-21(22-3)23-11-5-4-6-18-7-9-19(10-8-18)26(27)28;/h7-10,17,20H,4-6,11-16H2,1-3H3,(H2,22,23,24);1H. The fourth-order valence-corrected chi connectivity index (χ4v) is 3.56. The number of benzene rings is 1. The van der Waals surface area contributed by atoms with Gasteiger partial charge in [-0.25, -0.2) is 0 Å². The predicted molar refractivity (Wildman–Crippen MR) is 132 cm³/mol. The SMILES string of the molecule is CN=C(NCCCCc1ccc([N+](=O)[O-])cc1)NCC(C(C)C)N1CCOCC1.I. The summed E-state index contributed by atoms with van der Waals surface area (Å²) < 4.78 is 5.47. The molecule has 0 bridgehead atoms. The first kappa shape index (κ1) is 26.6. The van der Waals surface area contributed by atoms with Crippen LogP contribution < -0.4 is 10.6 Å². The number of non-ortho nitro benzene ring substituents is 1. The normalized spacial score (nSPS) is 16.1. The Bertz CT molecular complexity index is 649. The monoisotopic (exact) mass is 533 g/mol. The van der Waals surface area contributed by atoms with Crippen molar-refractivity contribution < 1.29 is 9.66 Å². The molecule has 0 radical (unpaired) electrons. The molecule has 1 aliphatic rings. The largest absolute Gasteiger partial charge is 0.379 e. The molecule has 0 aliphatic carbocycles. The number of unbranched alkanes of at least 4 members (excludes halogenated alkanes) is 1. The topological polar surface area (TPSA) is 92.0 Å². The Morgan fingerprint density at radius 1 is 1.20 bits per heavy atom. The third-order valence-electron chi connectivity index (χ3n) is 5.32. The smallest absolute Gasteiger partial charge is 0.269 e. The number of nitrogens with one attached hydrogen (secondary N) is 2. The number of guanidine groups is 1. The molecule has 170 valence electrons. The number of aryl methyl sites for hydroxylation is 1. The van der Waals surface area contributed by atoms with Crippen molar-refractivity contribution in [2.24, 2.45) is 10.9 Å². The Morgan fingerprint density at radius 3 is 2.43 bits per heavy atom. The van der Waals surface area contributed by atoms with Gasteiger partial charge in [0.2, 0.25) is 0 Å². The molecule has 0 saturated carbocycles. The van der Waals surface area contributed by atoms with Crippen LogP contribution in [0, 0.1) is 16.0 Å². The van der Waals surface area contributed by atoms with Gasteiger partial charge in [-0.05, 0) is 30.7 Å². The molecule has 1 aromatic carbocycles. The molecule has 1 saturated heterocycles. The maximum atomic E-state index is 10.7. The Morgan fingerprint density at radius 2 is 1.87 bits per heavy atom. The van der Waals surface area contributed by atoms with E-state index in [1.165, 1.54) is 0 Å². The lowest BCUT2D eigenvalue weighted by Crippen LogP contribution is -2.52. The third-order valence-corrected chi connectivity index (χ3v) is 5.32. The Hall–Kier alpha value is -1.46. The van der Waals surface area contributed by atoms with Crippen molar-refractivity contribution in [3.63, 3.8) is 0 Å². The summed E-state index contributed by atoms with van der Waals surface area (Å²) in [7, 11) is 1.80. The fourth-order valence-electron chi connectivity index (χ4n) is 3.56. The zero-order chi connectivity index (χ0) is 21.1. The molecule has 1 atom stereocenters. The summed E-state index contributed by atoms with van der Waals surface area (Å²) in [6, 6.07) is 7.27. The first-order chi connectivity index (χ1) is 14.0. The number of hydrogen-bond donors (Lipinski definition) is 2. The third kappa shape index (κ3) is 9.13. The minimum absolute atomic E-state index is 0. The van der Waals surface area contributed by atoms with E-state index in [1.54, 1.807) is 19.2 Å². The van der Waals surface area contributed by atoms with E-state index in [0.717, 1.165) is 70.2 Å². The van der Waals surface area contributed by atoms with Crippen molar-refractivity contribution in [2.75, 3.05) is 46.4 Å². The van der Waals surface area contributed by atoms with Gasteiger partial charge in [-0.2, -0.15) is 0 Å². The minimum atomic E-state index is -0.366. The number of halogens is 1. The number of aliphatic imine (C=N–C) groups is 1. The number of nitro benzene ring substituents is 1. The van der Waals surface area contributed by atoms with Crippen LogP contribution in [0.5, 0.6) is 0 Å². The lowest BCUT2D eigenvalue weighted by atomic mass is 10.0. The average Bonchev–Trinajstić information content (AvgIpc) is 2.73. The second-order valence-electron chi connectivity index (χ2n) is 7.72. The summed E-state index contributed by atoms with van der Waals surface area (Å²) in [6.07, 6.45) is 2.94. The Kier molecular flexibility index (Phi) is 12.9. The molecule has 1 unspecified atom stereocenters. The van der Waals surface area contributed by atoms with Crippen molar-refractivity contribution in [3.8, 4) is 0 Å². The summed E-state index contributed by atoms with van der Waals surface area (Å²) in [6.45, 7) is 9.82. The molecular formula is C21H36IN5O3. The first-order valence-electron chi connectivity index (χ1n) is 10.5. The zero-order valence-corrected chi connectivity index (χ0v) is 20.6. The van der Waals surface area contributed by atoms with Crippen molar-refractivity contribution >= 4 is 35.6 Å². The fraction of sp³-hybridized carbons (Fsp3) is 0.667. The molecule has 9 heteroatoms. The molecule has 8 nitrogen and oxygen atoms in total. The van der Waals surface area contributed by atoms with Crippen molar-refractivity contribution in [1.82, 2.24) is 15.5 Å². The number of rotatable bonds is 10. The summed E-state index contributed by atoms with van der Waals surface area (Å²) in [4.78, 5) is 17.2. The predicted octanol–water partition coefficient (Wildman–Crippen LogP) is 3.06. The summed E-state index contributed by atoms with van der Waals surface area (Å²) in [5.41, 5.74) is 1.27. The van der Waals surface area contributed by atoms with Gasteiger partial charge in [0.1, 0.15) is 0 Å². The second kappa shape index (κ2) is 14.5. The van der Waals surface area contributed by atoms with Crippen molar-refractivity contribution in [3.05, 3.63) is 39.9 Å². The molecule has 1 aromatic rings. The average molecular weight is 533 g/mol. The van der Waals surface area contributed by atoms with Gasteiger partial charge in [0.05, 0.1) is 18.1 Å². The number of nitrogens with zero attached hydrogens (tertiary/aromatic N) is 3. The molecule has 1 fully saturated rings. The second-order valence-corrected chi connectivity index (χ2v) is 7.72. The highest BCUT2D eigenvalue weighted by atomic mass is 127. The number of ether oxygens (including phenoxy) is 1. The van der Waals surface area contributed by atoms with Crippen LogP contribution in [-0.2, 0) is 11.2 Å². The first-order valence-corrected chi connectivity index (χ1v) is 10.5. The van der Waals surface area contributed by atoms with Gasteiger partial charge in [-0.15, -0.1) is 24.0 Å². The Labute approximate surface area is 197 Å². The van der Waals surface area contributed by atoms with E-state index >= 15 is 0 Å². The van der Waals surface area contributed by atoms with Crippen LogP contribution in [0.3, 0.4) is 0 Å². The van der Waals surface area contributed by atoms with Crippen LogP contribution in [0.1, 0.15) is 32.3 Å². The lowest BCUT2D eigenvalue weighted by Gasteiger charge is -2.37. The van der Waals surface area contributed by atoms with E-state index in [-0.39, 0.29) is 34.6 Å². The van der Waals surface area contributed by atoms with Crippen LogP contribution in [0.15, 0.2) is 29.3 Å². The van der Waals surface area contributed by atoms with Gasteiger partial charge in [-0.3, -0.25) is 20.0 Å². The zero-order valence-electron chi connectivity index (χ0n) is 18.3. The van der Waals surface area contributed by atoms with E-state index in [4.69, 9.17) is 4.74 Å². The maximum Gasteiger partial charge on any atom is 0.269 e. The van der Waals surface area contributed by atoms with E-state index < -0.39 is 0 Å². The maximum absolute atomic E-state index is 10.7. The van der Waals surface area contributed by atoms with E-state index in [1.807, 2.05) is 12.1 Å². The highest BCUT2D eigenvalue weighted by molar-refractivity contribution is 14.0. The molecular weight excluding hydrogens is 497 g/mol. The number of hydrogen-bond acceptors (Lipinski definition) is 5. The summed E-state index contributed by atoms with van der Waals surface area (Å²) >= 11 is 0. The number of morpholine rings is 1. The van der Waals surface area contributed by atoms with Gasteiger partial charge in [0, 0.05) is 51.4 Å². The lowest BCUT2D eigenvalue weighted by molar-refractivity contribution is -0.384. The van der Waals surface area contributed by atoms with E-state index in [9.17, 15) is 10.1 Å². The van der Waals surface area contributed by atoms with Gasteiger partial charge < -0.3 is 15.4 Å². The molecule has 0 amide bonds. The highest BCUT2D eigenvalue weighted by Crippen LogP contribution is 2.14. The van der Waals surface area contributed by atoms with Gasteiger partial charge >= 0.3 is 0 Å². The molecule has 0 aromatic heterocycles. The van der Waals surface area contributed by atoms with Crippen LogP contribution in [0.25, 0.3) is 0 Å². The number of nitro groups is 1. The Balaban J connectivity index is 0.00000450. The van der Waals surface area contributed by atoms with E-state index in [2.05, 4.69) is 34.4 Å². The van der Waals surface area contributed by atoms with Crippen molar-refractivity contribution in [2.45, 2.75) is 39.2 Å². The van der Waals surface area contributed by atoms with Gasteiger partial charge in [0.15, 0.2) is 5.96 Å². The van der Waals surface area contributed by atoms with E-state index in [0.29, 0.717) is 12.0 Å².